The average molecular weight is 348 g/mol. The van der Waals surface area contributed by atoms with Crippen molar-refractivity contribution in [3.8, 4) is 11.1 Å². The number of carbonyl (C=O) groups is 2. The molecule has 3 rings (SSSR count). The lowest BCUT2D eigenvalue weighted by Gasteiger charge is -2.11. The van der Waals surface area contributed by atoms with E-state index in [0.717, 1.165) is 16.8 Å². The summed E-state index contributed by atoms with van der Waals surface area (Å²) in [4.78, 5) is 24.0. The van der Waals surface area contributed by atoms with E-state index in [1.807, 2.05) is 54.6 Å². The van der Waals surface area contributed by atoms with Crippen LogP contribution in [0, 0.1) is 0 Å². The molecule has 0 unspecified atom stereocenters. The third kappa shape index (κ3) is 4.60. The molecule has 0 saturated heterocycles. The van der Waals surface area contributed by atoms with Crippen molar-refractivity contribution in [3.63, 3.8) is 0 Å². The molecular formula is C21H20N2O3. The summed E-state index contributed by atoms with van der Waals surface area (Å²) in [7, 11) is 0. The predicted molar refractivity (Wildman–Crippen MR) is 101 cm³/mol. The number of carbonyl (C=O) groups excluding carboxylic acids is 2. The van der Waals surface area contributed by atoms with Gasteiger partial charge in [-0.25, -0.2) is 0 Å². The molecule has 0 bridgehead atoms. The molecule has 0 atom stereocenters. The molecule has 0 saturated carbocycles. The number of para-hydroxylation sites is 1. The van der Waals surface area contributed by atoms with Gasteiger partial charge in [0.25, 0.3) is 5.91 Å². The molecule has 132 valence electrons. The molecule has 0 fully saturated rings. The number of hydrogen-bond donors (Lipinski definition) is 2. The SMILES string of the molecule is O=C(CCCNC(=O)c1ccco1)Nc1ccccc1-c1ccccc1. The third-order valence-electron chi connectivity index (χ3n) is 3.90. The average Bonchev–Trinajstić information content (AvgIpc) is 3.21. The van der Waals surface area contributed by atoms with E-state index in [1.54, 1.807) is 12.1 Å². The van der Waals surface area contributed by atoms with Crippen LogP contribution in [-0.4, -0.2) is 18.4 Å². The first-order valence-electron chi connectivity index (χ1n) is 8.50. The van der Waals surface area contributed by atoms with E-state index in [-0.39, 0.29) is 17.6 Å². The standard InChI is InChI=1S/C21H20N2O3/c24-20(13-6-14-22-21(25)19-12-7-15-26-19)23-18-11-5-4-10-17(18)16-8-2-1-3-9-16/h1-5,7-12,15H,6,13-14H2,(H,22,25)(H,23,24). The lowest BCUT2D eigenvalue weighted by molar-refractivity contribution is -0.116. The summed E-state index contributed by atoms with van der Waals surface area (Å²) in [5.74, 6) is -0.0864. The summed E-state index contributed by atoms with van der Waals surface area (Å²) in [5.41, 5.74) is 2.81. The summed E-state index contributed by atoms with van der Waals surface area (Å²) in [5, 5.41) is 5.68. The maximum Gasteiger partial charge on any atom is 0.286 e. The Morgan fingerprint density at radius 2 is 1.65 bits per heavy atom. The Hall–Kier alpha value is -3.34. The van der Waals surface area contributed by atoms with Crippen molar-refractivity contribution in [1.29, 1.82) is 0 Å². The lowest BCUT2D eigenvalue weighted by atomic mass is 10.0. The first-order chi connectivity index (χ1) is 12.7. The number of furan rings is 1. The van der Waals surface area contributed by atoms with E-state index >= 15 is 0 Å². The fourth-order valence-electron chi connectivity index (χ4n) is 2.62. The molecule has 0 aliphatic heterocycles. The number of hydrogen-bond acceptors (Lipinski definition) is 3. The Balaban J connectivity index is 1.50. The van der Waals surface area contributed by atoms with Gasteiger partial charge in [0.2, 0.25) is 5.91 Å². The number of amides is 2. The molecule has 2 N–H and O–H groups in total. The first-order valence-corrected chi connectivity index (χ1v) is 8.50. The van der Waals surface area contributed by atoms with Crippen LogP contribution in [-0.2, 0) is 4.79 Å². The van der Waals surface area contributed by atoms with E-state index in [4.69, 9.17) is 4.42 Å². The van der Waals surface area contributed by atoms with E-state index < -0.39 is 0 Å². The molecule has 1 heterocycles. The van der Waals surface area contributed by atoms with Gasteiger partial charge in [0.1, 0.15) is 0 Å². The van der Waals surface area contributed by atoms with Gasteiger partial charge >= 0.3 is 0 Å². The number of anilines is 1. The molecule has 0 aliphatic carbocycles. The Labute approximate surface area is 152 Å². The summed E-state index contributed by atoms with van der Waals surface area (Å²) in [6.45, 7) is 0.410. The molecule has 1 aromatic heterocycles. The highest BCUT2D eigenvalue weighted by molar-refractivity contribution is 5.95. The topological polar surface area (TPSA) is 71.3 Å². The van der Waals surface area contributed by atoms with Crippen molar-refractivity contribution in [2.45, 2.75) is 12.8 Å². The highest BCUT2D eigenvalue weighted by Gasteiger charge is 2.10. The zero-order valence-corrected chi connectivity index (χ0v) is 14.3. The summed E-state index contributed by atoms with van der Waals surface area (Å²) in [6.07, 6.45) is 2.32. The smallest absolute Gasteiger partial charge is 0.286 e. The number of rotatable bonds is 7. The minimum absolute atomic E-state index is 0.0828. The number of benzene rings is 2. The lowest BCUT2D eigenvalue weighted by Crippen LogP contribution is -2.25. The van der Waals surface area contributed by atoms with Crippen LogP contribution < -0.4 is 10.6 Å². The van der Waals surface area contributed by atoms with Crippen molar-refractivity contribution in [3.05, 3.63) is 78.8 Å². The summed E-state index contributed by atoms with van der Waals surface area (Å²) >= 11 is 0. The molecule has 0 aliphatic rings. The fraction of sp³-hybridized carbons (Fsp3) is 0.143. The monoisotopic (exact) mass is 348 g/mol. The highest BCUT2D eigenvalue weighted by atomic mass is 16.3. The molecular weight excluding hydrogens is 328 g/mol. The molecule has 3 aromatic rings. The van der Waals surface area contributed by atoms with Crippen LogP contribution in [0.3, 0.4) is 0 Å². The van der Waals surface area contributed by atoms with Crippen molar-refractivity contribution < 1.29 is 14.0 Å². The predicted octanol–water partition coefficient (Wildman–Crippen LogP) is 4.10. The van der Waals surface area contributed by atoms with Gasteiger partial charge < -0.3 is 15.1 Å². The Morgan fingerprint density at radius 1 is 0.885 bits per heavy atom. The van der Waals surface area contributed by atoms with Crippen LogP contribution in [0.4, 0.5) is 5.69 Å². The van der Waals surface area contributed by atoms with Gasteiger partial charge in [-0.15, -0.1) is 0 Å². The van der Waals surface area contributed by atoms with Crippen molar-refractivity contribution >= 4 is 17.5 Å². The Kier molecular flexibility index (Phi) is 5.83. The van der Waals surface area contributed by atoms with E-state index in [2.05, 4.69) is 10.6 Å². The molecule has 26 heavy (non-hydrogen) atoms. The van der Waals surface area contributed by atoms with Crippen molar-refractivity contribution in [2.75, 3.05) is 11.9 Å². The normalized spacial score (nSPS) is 10.3. The van der Waals surface area contributed by atoms with Crippen LogP contribution in [0.15, 0.2) is 77.4 Å². The molecule has 2 amide bonds. The van der Waals surface area contributed by atoms with Gasteiger partial charge in [-0.3, -0.25) is 9.59 Å². The second-order valence-corrected chi connectivity index (χ2v) is 5.80. The quantitative estimate of drug-likeness (QED) is 0.632. The second kappa shape index (κ2) is 8.67. The van der Waals surface area contributed by atoms with Gasteiger partial charge in [-0.1, -0.05) is 48.5 Å². The number of nitrogens with one attached hydrogen (secondary N) is 2. The Bertz CT molecular complexity index is 858. The van der Waals surface area contributed by atoms with Crippen LogP contribution in [0.5, 0.6) is 0 Å². The van der Waals surface area contributed by atoms with Crippen LogP contribution in [0.1, 0.15) is 23.4 Å². The van der Waals surface area contributed by atoms with Crippen molar-refractivity contribution in [1.82, 2.24) is 5.32 Å². The molecule has 0 radical (unpaired) electrons. The zero-order valence-electron chi connectivity index (χ0n) is 14.3. The van der Waals surface area contributed by atoms with Crippen LogP contribution >= 0.6 is 0 Å². The largest absolute Gasteiger partial charge is 0.459 e. The van der Waals surface area contributed by atoms with Crippen molar-refractivity contribution in [2.24, 2.45) is 0 Å². The van der Waals surface area contributed by atoms with E-state index in [0.29, 0.717) is 19.4 Å². The fourth-order valence-corrected chi connectivity index (χ4v) is 2.62. The van der Waals surface area contributed by atoms with Gasteiger partial charge in [-0.05, 0) is 30.2 Å². The second-order valence-electron chi connectivity index (χ2n) is 5.80. The third-order valence-corrected chi connectivity index (χ3v) is 3.90. The first kappa shape index (κ1) is 17.5. The maximum absolute atomic E-state index is 12.2. The zero-order chi connectivity index (χ0) is 18.2. The summed E-state index contributed by atoms with van der Waals surface area (Å²) < 4.78 is 5.02. The van der Waals surface area contributed by atoms with Gasteiger partial charge in [0.05, 0.1) is 6.26 Å². The van der Waals surface area contributed by atoms with Gasteiger partial charge in [-0.2, -0.15) is 0 Å². The van der Waals surface area contributed by atoms with Gasteiger partial charge in [0, 0.05) is 24.2 Å². The molecule has 0 spiro atoms. The van der Waals surface area contributed by atoms with Crippen LogP contribution in [0.25, 0.3) is 11.1 Å². The summed E-state index contributed by atoms with van der Waals surface area (Å²) in [6, 6.07) is 20.9. The van der Waals surface area contributed by atoms with Gasteiger partial charge in [0.15, 0.2) is 5.76 Å². The molecule has 5 heteroatoms. The molecule has 2 aromatic carbocycles. The minimum Gasteiger partial charge on any atom is -0.459 e. The van der Waals surface area contributed by atoms with E-state index in [9.17, 15) is 9.59 Å². The minimum atomic E-state index is -0.273. The molecule has 5 nitrogen and oxygen atoms in total. The van der Waals surface area contributed by atoms with E-state index in [1.165, 1.54) is 6.26 Å². The highest BCUT2D eigenvalue weighted by Crippen LogP contribution is 2.27. The maximum atomic E-state index is 12.2. The Morgan fingerprint density at radius 3 is 2.42 bits per heavy atom. The van der Waals surface area contributed by atoms with Crippen LogP contribution in [0.2, 0.25) is 0 Å².